The molecule has 0 aliphatic rings. The first-order valence-corrected chi connectivity index (χ1v) is 11.0. The molecule has 0 aliphatic heterocycles. The lowest BCUT2D eigenvalue weighted by molar-refractivity contribution is 0.112. The van der Waals surface area contributed by atoms with E-state index >= 15 is 0 Å². The topological polar surface area (TPSA) is 61.8 Å². The molecule has 0 aliphatic carbocycles. The molecule has 0 fully saturated rings. The number of aldehydes is 1. The highest BCUT2D eigenvalue weighted by Crippen LogP contribution is 2.48. The lowest BCUT2D eigenvalue weighted by Gasteiger charge is -2.14. The molecule has 142 valence electrons. The zero-order chi connectivity index (χ0) is 19.2. The monoisotopic (exact) mass is 396 g/mol. The van der Waals surface area contributed by atoms with Crippen molar-refractivity contribution in [3.63, 3.8) is 0 Å². The summed E-state index contributed by atoms with van der Waals surface area (Å²) < 4.78 is 30.0. The van der Waals surface area contributed by atoms with Crippen LogP contribution in [0.3, 0.4) is 0 Å². The average Bonchev–Trinajstić information content (AvgIpc) is 3.03. The molecular formula is C19H25O5PS. The maximum Gasteiger partial charge on any atom is 0.371 e. The Kier molecular flexibility index (Phi) is 7.59. The standard InChI is InChI=1S/C19H25O5PS/c1-5-22-25(21,23-6-2)19-8-7-18(26-19)12-15-9-16(13-20)11-17(10-15)24-14(3)4/h7-11,13-14H,5-6,12H2,1-4H3. The van der Waals surface area contributed by atoms with Crippen molar-refractivity contribution in [3.8, 4) is 5.75 Å². The van der Waals surface area contributed by atoms with Crippen LogP contribution in [-0.2, 0) is 20.0 Å². The van der Waals surface area contributed by atoms with E-state index in [1.807, 2.05) is 32.0 Å². The molecule has 0 radical (unpaired) electrons. The molecule has 2 aromatic rings. The van der Waals surface area contributed by atoms with Gasteiger partial charge in [0.2, 0.25) is 0 Å². The van der Waals surface area contributed by atoms with Crippen LogP contribution in [0.5, 0.6) is 5.75 Å². The molecule has 0 bridgehead atoms. The minimum Gasteiger partial charge on any atom is -0.491 e. The van der Waals surface area contributed by atoms with E-state index in [4.69, 9.17) is 13.8 Å². The summed E-state index contributed by atoms with van der Waals surface area (Å²) in [6.45, 7) is 8.11. The summed E-state index contributed by atoms with van der Waals surface area (Å²) in [6, 6.07) is 9.21. The Morgan fingerprint density at radius 1 is 1.12 bits per heavy atom. The number of carbonyl (C=O) groups is 1. The van der Waals surface area contributed by atoms with Crippen LogP contribution in [0.1, 0.15) is 48.5 Å². The summed E-state index contributed by atoms with van der Waals surface area (Å²) in [5.41, 5.74) is 1.53. The minimum absolute atomic E-state index is 0.0290. The highest BCUT2D eigenvalue weighted by molar-refractivity contribution is 7.68. The van der Waals surface area contributed by atoms with Gasteiger partial charge in [0.05, 0.1) is 19.3 Å². The number of hydrogen-bond acceptors (Lipinski definition) is 6. The van der Waals surface area contributed by atoms with Gasteiger partial charge in [0, 0.05) is 16.9 Å². The van der Waals surface area contributed by atoms with Gasteiger partial charge in [-0.1, -0.05) is 0 Å². The van der Waals surface area contributed by atoms with Crippen molar-refractivity contribution < 1.29 is 23.1 Å². The predicted octanol–water partition coefficient (Wildman–Crippen LogP) is 4.83. The van der Waals surface area contributed by atoms with Crippen molar-refractivity contribution in [1.29, 1.82) is 0 Å². The van der Waals surface area contributed by atoms with Crippen LogP contribution in [0, 0.1) is 0 Å². The van der Waals surface area contributed by atoms with Gasteiger partial charge in [-0.15, -0.1) is 11.3 Å². The van der Waals surface area contributed by atoms with E-state index in [1.54, 1.807) is 26.0 Å². The van der Waals surface area contributed by atoms with Gasteiger partial charge in [0.1, 0.15) is 16.7 Å². The second-order valence-corrected chi connectivity index (χ2v) is 9.41. The van der Waals surface area contributed by atoms with Crippen molar-refractivity contribution in [2.24, 2.45) is 0 Å². The molecule has 1 aromatic heterocycles. The van der Waals surface area contributed by atoms with Crippen LogP contribution in [0.4, 0.5) is 0 Å². The highest BCUT2D eigenvalue weighted by atomic mass is 32.1. The third-order valence-electron chi connectivity index (χ3n) is 3.39. The Hall–Kier alpha value is -1.46. The van der Waals surface area contributed by atoms with Gasteiger partial charge in [0.25, 0.3) is 0 Å². The van der Waals surface area contributed by atoms with E-state index in [0.29, 0.717) is 35.6 Å². The Bertz CT molecular complexity index is 774. The Morgan fingerprint density at radius 3 is 2.38 bits per heavy atom. The van der Waals surface area contributed by atoms with Crippen molar-refractivity contribution in [3.05, 3.63) is 46.3 Å². The second-order valence-electron chi connectivity index (χ2n) is 5.94. The lowest BCUT2D eigenvalue weighted by Crippen LogP contribution is -2.06. The van der Waals surface area contributed by atoms with Gasteiger partial charge in [0.15, 0.2) is 0 Å². The number of ether oxygens (including phenoxy) is 1. The van der Waals surface area contributed by atoms with Crippen molar-refractivity contribution in [2.45, 2.75) is 40.2 Å². The predicted molar refractivity (Wildman–Crippen MR) is 105 cm³/mol. The normalized spacial score (nSPS) is 11.7. The molecule has 0 unspecified atom stereocenters. The van der Waals surface area contributed by atoms with E-state index in [0.717, 1.165) is 16.7 Å². The summed E-state index contributed by atoms with van der Waals surface area (Å²) in [6.07, 6.45) is 1.45. The number of benzene rings is 1. The molecule has 5 nitrogen and oxygen atoms in total. The third-order valence-corrected chi connectivity index (χ3v) is 7.11. The van der Waals surface area contributed by atoms with E-state index in [-0.39, 0.29) is 6.10 Å². The van der Waals surface area contributed by atoms with Crippen LogP contribution in [0.2, 0.25) is 0 Å². The Morgan fingerprint density at radius 2 is 1.81 bits per heavy atom. The summed E-state index contributed by atoms with van der Waals surface area (Å²) >= 11 is 1.41. The number of rotatable bonds is 10. The maximum atomic E-state index is 12.9. The first-order chi connectivity index (χ1) is 12.4. The van der Waals surface area contributed by atoms with Crippen LogP contribution in [-0.4, -0.2) is 25.6 Å². The second kappa shape index (κ2) is 9.47. The first kappa shape index (κ1) is 20.8. The minimum atomic E-state index is -3.26. The van der Waals surface area contributed by atoms with E-state index < -0.39 is 7.60 Å². The number of carbonyl (C=O) groups excluding carboxylic acids is 1. The van der Waals surface area contributed by atoms with Gasteiger partial charge < -0.3 is 13.8 Å². The Labute approximate surface area is 158 Å². The lowest BCUT2D eigenvalue weighted by atomic mass is 10.1. The number of hydrogen-bond donors (Lipinski definition) is 0. The summed E-state index contributed by atoms with van der Waals surface area (Å²) in [5, 5.41) is 0. The fourth-order valence-electron chi connectivity index (χ4n) is 2.51. The summed E-state index contributed by atoms with van der Waals surface area (Å²) in [4.78, 5) is 12.2. The molecule has 1 heterocycles. The first-order valence-electron chi connectivity index (χ1n) is 8.64. The van der Waals surface area contributed by atoms with E-state index in [2.05, 4.69) is 0 Å². The van der Waals surface area contributed by atoms with Crippen LogP contribution >= 0.6 is 18.9 Å². The van der Waals surface area contributed by atoms with Gasteiger partial charge in [-0.25, -0.2) is 0 Å². The summed E-state index contributed by atoms with van der Waals surface area (Å²) in [5.74, 6) is 0.672. The molecule has 0 N–H and O–H groups in total. The van der Waals surface area contributed by atoms with Crippen LogP contribution < -0.4 is 9.36 Å². The van der Waals surface area contributed by atoms with Gasteiger partial charge in [-0.05, 0) is 63.6 Å². The van der Waals surface area contributed by atoms with Gasteiger partial charge in [-0.3, -0.25) is 9.36 Å². The van der Waals surface area contributed by atoms with E-state index in [1.165, 1.54) is 11.3 Å². The van der Waals surface area contributed by atoms with Crippen LogP contribution in [0.25, 0.3) is 0 Å². The van der Waals surface area contributed by atoms with E-state index in [9.17, 15) is 9.36 Å². The molecule has 0 saturated heterocycles. The highest BCUT2D eigenvalue weighted by Gasteiger charge is 2.28. The molecule has 26 heavy (non-hydrogen) atoms. The van der Waals surface area contributed by atoms with Gasteiger partial charge >= 0.3 is 7.60 Å². The molecule has 0 saturated carbocycles. The van der Waals surface area contributed by atoms with Crippen LogP contribution in [0.15, 0.2) is 30.3 Å². The zero-order valence-corrected chi connectivity index (χ0v) is 17.3. The number of thiophene rings is 1. The average molecular weight is 396 g/mol. The summed E-state index contributed by atoms with van der Waals surface area (Å²) in [7, 11) is -3.26. The fraction of sp³-hybridized carbons (Fsp3) is 0.421. The SMILES string of the molecule is CCOP(=O)(OCC)c1ccc(Cc2cc(C=O)cc(OC(C)C)c2)s1. The van der Waals surface area contributed by atoms with Gasteiger partial charge in [-0.2, -0.15) is 0 Å². The molecule has 0 amide bonds. The third kappa shape index (κ3) is 5.52. The van der Waals surface area contributed by atoms with Crippen molar-refractivity contribution in [2.75, 3.05) is 13.2 Å². The Balaban J connectivity index is 2.25. The molecule has 0 atom stereocenters. The van der Waals surface area contributed by atoms with Crippen molar-refractivity contribution >= 4 is 29.8 Å². The molecule has 7 heteroatoms. The largest absolute Gasteiger partial charge is 0.491 e. The fourth-order valence-corrected chi connectivity index (χ4v) is 5.67. The quantitative estimate of drug-likeness (QED) is 0.425. The molecule has 0 spiro atoms. The maximum absolute atomic E-state index is 12.9. The molecule has 1 aromatic carbocycles. The zero-order valence-electron chi connectivity index (χ0n) is 15.6. The molecular weight excluding hydrogens is 371 g/mol. The van der Waals surface area contributed by atoms with Crippen molar-refractivity contribution in [1.82, 2.24) is 0 Å². The molecule has 2 rings (SSSR count). The smallest absolute Gasteiger partial charge is 0.371 e.